The third kappa shape index (κ3) is 2.96. The predicted molar refractivity (Wildman–Crippen MR) is 69.3 cm³/mol. The van der Waals surface area contributed by atoms with Crippen LogP contribution in [0.4, 0.5) is 0 Å². The fraction of sp³-hybridized carbons (Fsp3) is 0.133. The van der Waals surface area contributed by atoms with Crippen LogP contribution in [0.25, 0.3) is 11.1 Å². The van der Waals surface area contributed by atoms with Gasteiger partial charge in [0.2, 0.25) is 0 Å². The lowest BCUT2D eigenvalue weighted by molar-refractivity contribution is -0.120. The molecule has 92 valence electrons. The summed E-state index contributed by atoms with van der Waals surface area (Å²) in [6, 6.07) is 15.5. The maximum absolute atomic E-state index is 10.2. The van der Waals surface area contributed by atoms with Crippen LogP contribution in [0.15, 0.2) is 48.5 Å². The Morgan fingerprint density at radius 3 is 2.00 bits per heavy atom. The first-order valence-electron chi connectivity index (χ1n) is 5.62. The normalized spacial score (nSPS) is 10.1. The molecular formula is C15H14O3. The van der Waals surface area contributed by atoms with Gasteiger partial charge >= 0.3 is 0 Å². The molecule has 2 aromatic carbocycles. The van der Waals surface area contributed by atoms with Gasteiger partial charge in [0.15, 0.2) is 0 Å². The van der Waals surface area contributed by atoms with E-state index in [1.807, 2.05) is 36.4 Å². The Balaban J connectivity index is 2.17. The Kier molecular flexibility index (Phi) is 4.10. The van der Waals surface area contributed by atoms with Crippen LogP contribution in [-0.2, 0) is 16.1 Å². The summed E-state index contributed by atoms with van der Waals surface area (Å²) >= 11 is 0. The van der Waals surface area contributed by atoms with Crippen molar-refractivity contribution in [1.82, 2.24) is 0 Å². The van der Waals surface area contributed by atoms with Crippen LogP contribution in [0, 0.1) is 0 Å². The highest BCUT2D eigenvalue weighted by Gasteiger charge is 1.99. The standard InChI is InChI=1S/C15H14O3/c1-17-10-12-2-4-13(5-3-12)14-6-8-15(9-7-14)18-11-16/h2-9,11H,10H2,1H3. The topological polar surface area (TPSA) is 35.5 Å². The van der Waals surface area contributed by atoms with Crippen molar-refractivity contribution in [3.63, 3.8) is 0 Å². The molecule has 2 rings (SSSR count). The van der Waals surface area contributed by atoms with Gasteiger partial charge in [0.05, 0.1) is 6.61 Å². The van der Waals surface area contributed by atoms with E-state index in [-0.39, 0.29) is 0 Å². The van der Waals surface area contributed by atoms with E-state index in [0.29, 0.717) is 18.8 Å². The summed E-state index contributed by atoms with van der Waals surface area (Å²) in [5.74, 6) is 0.546. The Labute approximate surface area is 106 Å². The molecule has 0 saturated heterocycles. The second-order valence-corrected chi connectivity index (χ2v) is 3.87. The van der Waals surface area contributed by atoms with Crippen molar-refractivity contribution in [2.75, 3.05) is 7.11 Å². The molecule has 0 N–H and O–H groups in total. The summed E-state index contributed by atoms with van der Waals surface area (Å²) in [5, 5.41) is 0. The second kappa shape index (κ2) is 5.98. The third-order valence-corrected chi connectivity index (χ3v) is 2.64. The van der Waals surface area contributed by atoms with Gasteiger partial charge in [-0.25, -0.2) is 0 Å². The number of hydrogen-bond donors (Lipinski definition) is 0. The lowest BCUT2D eigenvalue weighted by Crippen LogP contribution is -1.88. The number of hydrogen-bond acceptors (Lipinski definition) is 3. The van der Waals surface area contributed by atoms with E-state index in [9.17, 15) is 4.79 Å². The van der Waals surface area contributed by atoms with E-state index >= 15 is 0 Å². The molecule has 0 aliphatic heterocycles. The number of carbonyl (C=O) groups is 1. The largest absolute Gasteiger partial charge is 0.429 e. The quantitative estimate of drug-likeness (QED) is 0.756. The van der Waals surface area contributed by atoms with Crippen LogP contribution >= 0.6 is 0 Å². The van der Waals surface area contributed by atoms with Gasteiger partial charge in [-0.1, -0.05) is 36.4 Å². The molecule has 3 heteroatoms. The zero-order chi connectivity index (χ0) is 12.8. The van der Waals surface area contributed by atoms with Gasteiger partial charge in [0.25, 0.3) is 6.47 Å². The number of methoxy groups -OCH3 is 1. The highest BCUT2D eigenvalue weighted by molar-refractivity contribution is 5.64. The van der Waals surface area contributed by atoms with Crippen molar-refractivity contribution in [3.8, 4) is 16.9 Å². The highest BCUT2D eigenvalue weighted by Crippen LogP contribution is 2.22. The van der Waals surface area contributed by atoms with Gasteiger partial charge in [-0.05, 0) is 28.8 Å². The minimum Gasteiger partial charge on any atom is -0.429 e. The molecule has 0 spiro atoms. The molecule has 2 aromatic rings. The van der Waals surface area contributed by atoms with E-state index in [1.54, 1.807) is 19.2 Å². The zero-order valence-electron chi connectivity index (χ0n) is 10.1. The van der Waals surface area contributed by atoms with Crippen LogP contribution in [0.2, 0.25) is 0 Å². The van der Waals surface area contributed by atoms with Gasteiger partial charge in [-0.15, -0.1) is 0 Å². The van der Waals surface area contributed by atoms with Gasteiger partial charge in [-0.3, -0.25) is 4.79 Å². The minimum absolute atomic E-state index is 0.425. The van der Waals surface area contributed by atoms with Gasteiger partial charge < -0.3 is 9.47 Å². The van der Waals surface area contributed by atoms with E-state index in [0.717, 1.165) is 16.7 Å². The summed E-state index contributed by atoms with van der Waals surface area (Å²) in [6.45, 7) is 1.04. The first-order valence-corrected chi connectivity index (χ1v) is 5.62. The Hall–Kier alpha value is -2.13. The molecule has 0 atom stereocenters. The molecule has 0 heterocycles. The Morgan fingerprint density at radius 1 is 0.944 bits per heavy atom. The van der Waals surface area contributed by atoms with Crippen LogP contribution in [0.1, 0.15) is 5.56 Å². The maximum Gasteiger partial charge on any atom is 0.298 e. The summed E-state index contributed by atoms with van der Waals surface area (Å²) in [4.78, 5) is 10.2. The van der Waals surface area contributed by atoms with Gasteiger partial charge in [-0.2, -0.15) is 0 Å². The molecule has 0 aromatic heterocycles. The first kappa shape index (κ1) is 12.3. The van der Waals surface area contributed by atoms with Crippen LogP contribution in [0.5, 0.6) is 5.75 Å². The Morgan fingerprint density at radius 2 is 1.50 bits per heavy atom. The molecule has 0 saturated carbocycles. The summed E-state index contributed by atoms with van der Waals surface area (Å²) < 4.78 is 9.82. The molecule has 18 heavy (non-hydrogen) atoms. The van der Waals surface area contributed by atoms with Crippen LogP contribution < -0.4 is 4.74 Å². The van der Waals surface area contributed by atoms with Gasteiger partial charge in [0, 0.05) is 7.11 Å². The molecule has 0 aliphatic carbocycles. The van der Waals surface area contributed by atoms with Gasteiger partial charge in [0.1, 0.15) is 5.75 Å². The average molecular weight is 242 g/mol. The maximum atomic E-state index is 10.2. The number of benzene rings is 2. The number of ether oxygens (including phenoxy) is 2. The number of carbonyl (C=O) groups excluding carboxylic acids is 1. The van der Waals surface area contributed by atoms with Crippen molar-refractivity contribution in [2.24, 2.45) is 0 Å². The smallest absolute Gasteiger partial charge is 0.298 e. The van der Waals surface area contributed by atoms with Crippen LogP contribution in [0.3, 0.4) is 0 Å². The fourth-order valence-corrected chi connectivity index (χ4v) is 1.74. The highest BCUT2D eigenvalue weighted by atomic mass is 16.5. The van der Waals surface area contributed by atoms with E-state index in [2.05, 4.69) is 0 Å². The van der Waals surface area contributed by atoms with Crippen molar-refractivity contribution >= 4 is 6.47 Å². The fourth-order valence-electron chi connectivity index (χ4n) is 1.74. The summed E-state index contributed by atoms with van der Waals surface area (Å²) in [5.41, 5.74) is 3.34. The van der Waals surface area contributed by atoms with Crippen molar-refractivity contribution in [2.45, 2.75) is 6.61 Å². The van der Waals surface area contributed by atoms with E-state index < -0.39 is 0 Å². The average Bonchev–Trinajstić information content (AvgIpc) is 2.41. The third-order valence-electron chi connectivity index (χ3n) is 2.64. The summed E-state index contributed by atoms with van der Waals surface area (Å²) in [7, 11) is 1.68. The molecule has 0 radical (unpaired) electrons. The SMILES string of the molecule is COCc1ccc(-c2ccc(OC=O)cc2)cc1. The zero-order valence-corrected chi connectivity index (χ0v) is 10.1. The van der Waals surface area contributed by atoms with Crippen LogP contribution in [-0.4, -0.2) is 13.6 Å². The van der Waals surface area contributed by atoms with E-state index in [4.69, 9.17) is 9.47 Å². The lowest BCUT2D eigenvalue weighted by atomic mass is 10.0. The number of rotatable bonds is 5. The summed E-state index contributed by atoms with van der Waals surface area (Å²) in [6.07, 6.45) is 0. The molecule has 0 bridgehead atoms. The van der Waals surface area contributed by atoms with Crippen molar-refractivity contribution < 1.29 is 14.3 Å². The minimum atomic E-state index is 0.425. The molecule has 0 aliphatic rings. The molecule has 0 unspecified atom stereocenters. The molecule has 0 fully saturated rings. The molecule has 3 nitrogen and oxygen atoms in total. The molecule has 0 amide bonds. The van der Waals surface area contributed by atoms with E-state index in [1.165, 1.54) is 0 Å². The predicted octanol–water partition coefficient (Wildman–Crippen LogP) is 3.04. The first-order chi connectivity index (χ1) is 8.83. The Bertz CT molecular complexity index is 500. The molecular weight excluding hydrogens is 228 g/mol. The second-order valence-electron chi connectivity index (χ2n) is 3.87. The monoisotopic (exact) mass is 242 g/mol. The van der Waals surface area contributed by atoms with Crippen molar-refractivity contribution in [3.05, 3.63) is 54.1 Å². The van der Waals surface area contributed by atoms with Crippen molar-refractivity contribution in [1.29, 1.82) is 0 Å². The lowest BCUT2D eigenvalue weighted by Gasteiger charge is -2.05.